The molecule has 0 bridgehead atoms. The zero-order chi connectivity index (χ0) is 15.6. The maximum absolute atomic E-state index is 13.7. The lowest BCUT2D eigenvalue weighted by Gasteiger charge is -2.31. The molecule has 0 radical (unpaired) electrons. The number of hydrogen-bond acceptors (Lipinski definition) is 3. The topological polar surface area (TPSA) is 86.7 Å². The maximum atomic E-state index is 13.7. The van der Waals surface area contributed by atoms with Gasteiger partial charge in [-0.05, 0) is 37.5 Å². The van der Waals surface area contributed by atoms with Crippen molar-refractivity contribution < 1.29 is 22.7 Å². The number of nitrogens with one attached hydrogen (secondary N) is 1. The van der Waals surface area contributed by atoms with Crippen LogP contribution in [0.2, 0.25) is 0 Å². The molecule has 1 aliphatic rings. The van der Waals surface area contributed by atoms with Gasteiger partial charge in [-0.3, -0.25) is 9.52 Å². The monoisotopic (exact) mass is 380 g/mol. The molecule has 116 valence electrons. The van der Waals surface area contributed by atoms with Crippen LogP contribution in [0.1, 0.15) is 19.3 Å². The molecule has 0 amide bonds. The van der Waals surface area contributed by atoms with Crippen molar-refractivity contribution >= 4 is 37.8 Å². The Balaban J connectivity index is 2.26. The number of carboxylic acid groups (broad SMARTS) is 1. The molecule has 21 heavy (non-hydrogen) atoms. The van der Waals surface area contributed by atoms with Gasteiger partial charge in [-0.1, -0.05) is 15.9 Å². The molecule has 1 aliphatic heterocycles. The fraction of sp³-hybridized carbons (Fsp3) is 0.417. The number of nitrogens with zero attached hydrogens (tertiary/aromatic N) is 1. The van der Waals surface area contributed by atoms with Crippen LogP contribution >= 0.6 is 15.9 Å². The predicted octanol–water partition coefficient (Wildman–Crippen LogP) is 2.18. The van der Waals surface area contributed by atoms with Crippen molar-refractivity contribution in [1.29, 1.82) is 0 Å². The van der Waals surface area contributed by atoms with Gasteiger partial charge in [0.05, 0.1) is 5.69 Å². The van der Waals surface area contributed by atoms with E-state index in [2.05, 4.69) is 20.7 Å². The van der Waals surface area contributed by atoms with Gasteiger partial charge in [0.1, 0.15) is 11.9 Å². The largest absolute Gasteiger partial charge is 0.480 e. The third-order valence-corrected chi connectivity index (χ3v) is 5.24. The summed E-state index contributed by atoms with van der Waals surface area (Å²) in [5, 5.41) is 9.11. The van der Waals surface area contributed by atoms with Crippen LogP contribution in [0.3, 0.4) is 0 Å². The molecule has 1 fully saturated rings. The van der Waals surface area contributed by atoms with Gasteiger partial charge >= 0.3 is 16.2 Å². The first-order chi connectivity index (χ1) is 9.81. The Morgan fingerprint density at radius 2 is 2.14 bits per heavy atom. The number of piperidine rings is 1. The van der Waals surface area contributed by atoms with Crippen molar-refractivity contribution in [3.05, 3.63) is 28.5 Å². The van der Waals surface area contributed by atoms with Crippen LogP contribution in [0, 0.1) is 5.82 Å². The summed E-state index contributed by atoms with van der Waals surface area (Å²) in [6.07, 6.45) is 1.47. The number of carbonyl (C=O) groups is 1. The van der Waals surface area contributed by atoms with Gasteiger partial charge in [0.25, 0.3) is 0 Å². The van der Waals surface area contributed by atoms with Gasteiger partial charge < -0.3 is 5.11 Å². The summed E-state index contributed by atoms with van der Waals surface area (Å²) in [5.41, 5.74) is -0.215. The summed E-state index contributed by atoms with van der Waals surface area (Å²) in [6, 6.07) is 2.78. The number of carboxylic acids is 1. The number of anilines is 1. The minimum atomic E-state index is -4.12. The van der Waals surface area contributed by atoms with Gasteiger partial charge in [0, 0.05) is 11.0 Å². The van der Waals surface area contributed by atoms with E-state index in [4.69, 9.17) is 5.11 Å². The van der Waals surface area contributed by atoms with Crippen molar-refractivity contribution in [2.75, 3.05) is 11.3 Å². The molecule has 9 heteroatoms. The summed E-state index contributed by atoms with van der Waals surface area (Å²) in [5.74, 6) is -1.94. The molecular formula is C12H14BrFN2O4S. The lowest BCUT2D eigenvalue weighted by Crippen LogP contribution is -2.50. The van der Waals surface area contributed by atoms with Crippen LogP contribution in [0.5, 0.6) is 0 Å². The molecule has 1 unspecified atom stereocenters. The van der Waals surface area contributed by atoms with Crippen LogP contribution in [0.25, 0.3) is 0 Å². The second-order valence-corrected chi connectivity index (χ2v) is 7.23. The summed E-state index contributed by atoms with van der Waals surface area (Å²) < 4.78 is 41.7. The highest BCUT2D eigenvalue weighted by atomic mass is 79.9. The van der Waals surface area contributed by atoms with Crippen LogP contribution in [-0.4, -0.2) is 36.4 Å². The van der Waals surface area contributed by atoms with E-state index >= 15 is 0 Å². The Morgan fingerprint density at radius 1 is 1.43 bits per heavy atom. The third kappa shape index (κ3) is 3.72. The third-order valence-electron chi connectivity index (χ3n) is 3.22. The molecule has 0 aromatic heterocycles. The van der Waals surface area contributed by atoms with Crippen LogP contribution in [0.4, 0.5) is 10.1 Å². The van der Waals surface area contributed by atoms with Gasteiger partial charge in [-0.15, -0.1) is 0 Å². The first-order valence-corrected chi connectivity index (χ1v) is 8.52. The summed E-state index contributed by atoms with van der Waals surface area (Å²) in [4.78, 5) is 11.2. The Bertz CT molecular complexity index is 653. The summed E-state index contributed by atoms with van der Waals surface area (Å²) in [7, 11) is -4.12. The Morgan fingerprint density at radius 3 is 2.76 bits per heavy atom. The first-order valence-electron chi connectivity index (χ1n) is 6.29. The fourth-order valence-electron chi connectivity index (χ4n) is 2.21. The van der Waals surface area contributed by atoms with Crippen molar-refractivity contribution in [2.24, 2.45) is 0 Å². The molecule has 2 rings (SSSR count). The summed E-state index contributed by atoms with van der Waals surface area (Å²) in [6.45, 7) is 0.102. The molecule has 1 atom stereocenters. The lowest BCUT2D eigenvalue weighted by molar-refractivity contribution is -0.142. The van der Waals surface area contributed by atoms with Gasteiger partial charge in [-0.2, -0.15) is 12.7 Å². The molecule has 0 aliphatic carbocycles. The van der Waals surface area contributed by atoms with E-state index in [1.807, 2.05) is 0 Å². The van der Waals surface area contributed by atoms with Crippen molar-refractivity contribution in [1.82, 2.24) is 4.31 Å². The van der Waals surface area contributed by atoms with Crippen LogP contribution in [-0.2, 0) is 15.0 Å². The van der Waals surface area contributed by atoms with Crippen molar-refractivity contribution in [2.45, 2.75) is 25.3 Å². The number of halogens is 2. The first kappa shape index (κ1) is 16.2. The molecule has 1 heterocycles. The Kier molecular flexibility index (Phi) is 4.84. The van der Waals surface area contributed by atoms with Gasteiger partial charge in [0.15, 0.2) is 0 Å². The van der Waals surface area contributed by atoms with E-state index in [0.717, 1.165) is 10.4 Å². The summed E-state index contributed by atoms with van der Waals surface area (Å²) >= 11 is 3.08. The molecule has 0 spiro atoms. The minimum Gasteiger partial charge on any atom is -0.480 e. The fourth-order valence-corrected chi connectivity index (χ4v) is 4.00. The quantitative estimate of drug-likeness (QED) is 0.837. The highest BCUT2D eigenvalue weighted by Crippen LogP contribution is 2.25. The van der Waals surface area contributed by atoms with Crippen molar-refractivity contribution in [3.63, 3.8) is 0 Å². The Hall–Kier alpha value is -1.19. The molecule has 1 aromatic carbocycles. The minimum absolute atomic E-state index is 0.102. The van der Waals surface area contributed by atoms with Crippen LogP contribution < -0.4 is 4.72 Å². The highest BCUT2D eigenvalue weighted by Gasteiger charge is 2.37. The molecule has 1 saturated heterocycles. The average Bonchev–Trinajstić information content (AvgIpc) is 2.42. The zero-order valence-corrected chi connectivity index (χ0v) is 13.3. The highest BCUT2D eigenvalue weighted by molar-refractivity contribution is 9.10. The second kappa shape index (κ2) is 6.29. The number of benzene rings is 1. The standard InChI is InChI=1S/C12H14BrFN2O4S/c13-8-4-5-10(9(14)7-8)15-21(19,20)16-6-2-1-3-11(16)12(17)18/h4-5,7,11,15H,1-3,6H2,(H,17,18). The van der Waals surface area contributed by atoms with E-state index in [0.29, 0.717) is 17.3 Å². The molecule has 1 aromatic rings. The normalized spacial score (nSPS) is 20.2. The second-order valence-electron chi connectivity index (χ2n) is 4.69. The average molecular weight is 381 g/mol. The van der Waals surface area contributed by atoms with E-state index < -0.39 is 28.0 Å². The van der Waals surface area contributed by atoms with E-state index in [9.17, 15) is 17.6 Å². The number of rotatable bonds is 4. The SMILES string of the molecule is O=C(O)C1CCCCN1S(=O)(=O)Nc1ccc(Br)cc1F. The maximum Gasteiger partial charge on any atom is 0.322 e. The zero-order valence-electron chi connectivity index (χ0n) is 10.9. The van der Waals surface area contributed by atoms with E-state index in [1.54, 1.807) is 0 Å². The smallest absolute Gasteiger partial charge is 0.322 e. The molecule has 6 nitrogen and oxygen atoms in total. The van der Waals surface area contributed by atoms with Crippen LogP contribution in [0.15, 0.2) is 22.7 Å². The molecule has 2 N–H and O–H groups in total. The lowest BCUT2D eigenvalue weighted by atomic mass is 10.1. The molecular weight excluding hydrogens is 367 g/mol. The number of hydrogen-bond donors (Lipinski definition) is 2. The molecule has 0 saturated carbocycles. The van der Waals surface area contributed by atoms with Crippen molar-refractivity contribution in [3.8, 4) is 0 Å². The van der Waals surface area contributed by atoms with Gasteiger partial charge in [0.2, 0.25) is 0 Å². The number of aliphatic carboxylic acids is 1. The Labute approximate surface area is 130 Å². The van der Waals surface area contributed by atoms with E-state index in [-0.39, 0.29) is 18.7 Å². The predicted molar refractivity (Wildman–Crippen MR) is 78.6 cm³/mol. The van der Waals surface area contributed by atoms with E-state index in [1.165, 1.54) is 12.1 Å². The van der Waals surface area contributed by atoms with Gasteiger partial charge in [-0.25, -0.2) is 4.39 Å².